The highest BCUT2D eigenvalue weighted by atomic mass is 35.5. The van der Waals surface area contributed by atoms with Crippen molar-refractivity contribution in [3.05, 3.63) is 23.2 Å². The van der Waals surface area contributed by atoms with Crippen molar-refractivity contribution in [2.75, 3.05) is 31.8 Å². The van der Waals surface area contributed by atoms with Gasteiger partial charge in [-0.1, -0.05) is 11.6 Å². The van der Waals surface area contributed by atoms with Crippen molar-refractivity contribution in [2.45, 2.75) is 24.8 Å². The van der Waals surface area contributed by atoms with Gasteiger partial charge >= 0.3 is 5.97 Å². The first-order valence-corrected chi connectivity index (χ1v) is 8.97. The number of ether oxygens (including phenoxy) is 2. The number of carboxylic acid groups (broad SMARTS) is 1. The predicted molar refractivity (Wildman–Crippen MR) is 97.0 cm³/mol. The molecule has 0 bridgehead atoms. The summed E-state index contributed by atoms with van der Waals surface area (Å²) < 4.78 is 10.6. The Morgan fingerprint density at radius 1 is 1.48 bits per heavy atom. The van der Waals surface area contributed by atoms with Crippen LogP contribution in [0.2, 0.25) is 5.02 Å². The number of rotatable bonds is 6. The predicted octanol–water partition coefficient (Wildman–Crippen LogP) is 1.45. The van der Waals surface area contributed by atoms with Crippen LogP contribution >= 0.6 is 11.6 Å². The van der Waals surface area contributed by atoms with E-state index in [2.05, 4.69) is 5.32 Å². The van der Waals surface area contributed by atoms with Crippen molar-refractivity contribution in [3.63, 3.8) is 0 Å². The van der Waals surface area contributed by atoms with E-state index in [-0.39, 0.29) is 37.8 Å². The first-order valence-electron chi connectivity index (χ1n) is 8.59. The molecule has 27 heavy (non-hydrogen) atoms. The molecule has 9 heteroatoms. The maximum atomic E-state index is 12.7. The van der Waals surface area contributed by atoms with Gasteiger partial charge in [0.1, 0.15) is 5.75 Å². The average molecular weight is 397 g/mol. The number of nitrogens with one attached hydrogen (secondary N) is 1. The first kappa shape index (κ1) is 19.4. The maximum absolute atomic E-state index is 12.7. The zero-order chi connectivity index (χ0) is 19.6. The third-order valence-corrected chi connectivity index (χ3v) is 5.14. The zero-order valence-corrected chi connectivity index (χ0v) is 15.6. The number of hydrogen-bond acceptors (Lipinski definition) is 5. The van der Waals surface area contributed by atoms with Crippen LogP contribution in [0.15, 0.2) is 18.2 Å². The Balaban J connectivity index is 1.74. The number of methoxy groups -OCH3 is 1. The second kappa shape index (κ2) is 7.74. The van der Waals surface area contributed by atoms with E-state index in [1.165, 1.54) is 12.0 Å². The van der Waals surface area contributed by atoms with Gasteiger partial charge in [0.15, 0.2) is 0 Å². The van der Waals surface area contributed by atoms with E-state index < -0.39 is 17.4 Å². The molecule has 0 spiro atoms. The van der Waals surface area contributed by atoms with E-state index in [1.807, 2.05) is 0 Å². The second-order valence-corrected chi connectivity index (χ2v) is 7.30. The molecule has 1 aromatic rings. The van der Waals surface area contributed by atoms with Crippen molar-refractivity contribution in [3.8, 4) is 5.75 Å². The second-order valence-electron chi connectivity index (χ2n) is 6.86. The largest absolute Gasteiger partial charge is 0.495 e. The Kier molecular flexibility index (Phi) is 5.57. The summed E-state index contributed by atoms with van der Waals surface area (Å²) in [7, 11) is 1.49. The highest BCUT2D eigenvalue weighted by Gasteiger charge is 2.43. The number of aliphatic carboxylic acids is 1. The van der Waals surface area contributed by atoms with E-state index >= 15 is 0 Å². The van der Waals surface area contributed by atoms with Gasteiger partial charge in [-0.2, -0.15) is 0 Å². The summed E-state index contributed by atoms with van der Waals surface area (Å²) in [6.07, 6.45) is 0.244. The average Bonchev–Trinajstić information content (AvgIpc) is 3.21. The Morgan fingerprint density at radius 2 is 2.26 bits per heavy atom. The van der Waals surface area contributed by atoms with Crippen LogP contribution in [0.5, 0.6) is 5.75 Å². The van der Waals surface area contributed by atoms with Gasteiger partial charge in [-0.05, 0) is 24.6 Å². The lowest BCUT2D eigenvalue weighted by atomic mass is 9.93. The van der Waals surface area contributed by atoms with Crippen molar-refractivity contribution >= 4 is 35.1 Å². The molecule has 0 aliphatic carbocycles. The smallest absolute Gasteiger partial charge is 0.305 e. The fourth-order valence-corrected chi connectivity index (χ4v) is 3.70. The van der Waals surface area contributed by atoms with Gasteiger partial charge < -0.3 is 24.8 Å². The molecule has 2 atom stereocenters. The molecule has 2 fully saturated rings. The number of hydrogen-bond donors (Lipinski definition) is 2. The van der Waals surface area contributed by atoms with Gasteiger partial charge in [0, 0.05) is 24.6 Å². The van der Waals surface area contributed by atoms with Crippen LogP contribution in [0.4, 0.5) is 5.69 Å². The van der Waals surface area contributed by atoms with Gasteiger partial charge in [0.25, 0.3) is 0 Å². The minimum atomic E-state index is -1.01. The van der Waals surface area contributed by atoms with Crippen LogP contribution in [0, 0.1) is 5.92 Å². The Bertz CT molecular complexity index is 762. The Labute approximate surface area is 161 Å². The van der Waals surface area contributed by atoms with Crippen molar-refractivity contribution < 1.29 is 29.0 Å². The van der Waals surface area contributed by atoms with Gasteiger partial charge in [-0.3, -0.25) is 14.4 Å². The number of anilines is 1. The molecular weight excluding hydrogens is 376 g/mol. The van der Waals surface area contributed by atoms with E-state index in [4.69, 9.17) is 26.2 Å². The molecule has 2 aliphatic rings. The summed E-state index contributed by atoms with van der Waals surface area (Å²) in [5.41, 5.74) is -0.414. The molecule has 2 heterocycles. The van der Waals surface area contributed by atoms with Gasteiger partial charge in [-0.15, -0.1) is 0 Å². The molecule has 3 rings (SSSR count). The van der Waals surface area contributed by atoms with Gasteiger partial charge in [0.2, 0.25) is 11.8 Å². The van der Waals surface area contributed by atoms with Crippen molar-refractivity contribution in [2.24, 2.45) is 5.92 Å². The van der Waals surface area contributed by atoms with Crippen LogP contribution in [-0.2, 0) is 19.1 Å². The van der Waals surface area contributed by atoms with E-state index in [0.29, 0.717) is 29.5 Å². The molecule has 2 unspecified atom stereocenters. The topological polar surface area (TPSA) is 105 Å². The minimum absolute atomic E-state index is 0.0332. The summed E-state index contributed by atoms with van der Waals surface area (Å²) in [5.74, 6) is -1.68. The molecule has 0 saturated carbocycles. The van der Waals surface area contributed by atoms with Crippen LogP contribution in [0.1, 0.15) is 19.3 Å². The third-order valence-electron chi connectivity index (χ3n) is 4.91. The lowest BCUT2D eigenvalue weighted by Crippen LogP contribution is -2.52. The summed E-state index contributed by atoms with van der Waals surface area (Å²) in [6.45, 7) is 0.714. The molecular formula is C18H21ClN2O6. The Hall–Kier alpha value is -2.32. The number of benzene rings is 1. The normalized spacial score (nSPS) is 24.9. The van der Waals surface area contributed by atoms with Crippen LogP contribution < -0.4 is 15.0 Å². The molecule has 0 radical (unpaired) electrons. The van der Waals surface area contributed by atoms with Crippen molar-refractivity contribution in [1.29, 1.82) is 0 Å². The molecule has 146 valence electrons. The van der Waals surface area contributed by atoms with Gasteiger partial charge in [0.05, 0.1) is 37.3 Å². The molecule has 2 aliphatic heterocycles. The third kappa shape index (κ3) is 4.17. The standard InChI is InChI=1S/C18H21ClN2O6/c1-26-14-3-2-12(19)7-13(14)21-9-11(6-15(21)22)17(25)20-18(8-16(23)24)4-5-27-10-18/h2-3,7,11H,4-6,8-10H2,1H3,(H,20,25)(H,23,24). The van der Waals surface area contributed by atoms with Gasteiger partial charge in [-0.25, -0.2) is 0 Å². The number of halogens is 1. The van der Waals surface area contributed by atoms with E-state index in [0.717, 1.165) is 0 Å². The lowest BCUT2D eigenvalue weighted by Gasteiger charge is -2.28. The number of nitrogens with zero attached hydrogens (tertiary/aromatic N) is 1. The molecule has 2 saturated heterocycles. The molecule has 2 amide bonds. The quantitative estimate of drug-likeness (QED) is 0.754. The fraction of sp³-hybridized carbons (Fsp3) is 0.500. The number of amides is 2. The summed E-state index contributed by atoms with van der Waals surface area (Å²) >= 11 is 6.04. The molecule has 8 nitrogen and oxygen atoms in total. The summed E-state index contributed by atoms with van der Waals surface area (Å²) in [6, 6.07) is 4.94. The molecule has 0 aromatic heterocycles. The van der Waals surface area contributed by atoms with Crippen molar-refractivity contribution in [1.82, 2.24) is 5.32 Å². The highest BCUT2D eigenvalue weighted by molar-refractivity contribution is 6.31. The lowest BCUT2D eigenvalue weighted by molar-refractivity contribution is -0.139. The number of carbonyl (C=O) groups is 3. The summed E-state index contributed by atoms with van der Waals surface area (Å²) in [4.78, 5) is 37.9. The van der Waals surface area contributed by atoms with E-state index in [1.54, 1.807) is 18.2 Å². The minimum Gasteiger partial charge on any atom is -0.495 e. The molecule has 2 N–H and O–H groups in total. The highest BCUT2D eigenvalue weighted by Crippen LogP contribution is 2.35. The van der Waals surface area contributed by atoms with E-state index in [9.17, 15) is 14.4 Å². The molecule has 1 aromatic carbocycles. The Morgan fingerprint density at radius 3 is 2.89 bits per heavy atom. The van der Waals surface area contributed by atoms with Crippen LogP contribution in [0.3, 0.4) is 0 Å². The fourth-order valence-electron chi connectivity index (χ4n) is 3.53. The summed E-state index contributed by atoms with van der Waals surface area (Å²) in [5, 5.41) is 12.4. The monoisotopic (exact) mass is 396 g/mol. The number of carbonyl (C=O) groups excluding carboxylic acids is 2. The SMILES string of the molecule is COc1ccc(Cl)cc1N1CC(C(=O)NC2(CC(=O)O)CCOC2)CC1=O. The zero-order valence-electron chi connectivity index (χ0n) is 14.9. The van der Waals surface area contributed by atoms with Crippen LogP contribution in [0.25, 0.3) is 0 Å². The maximum Gasteiger partial charge on any atom is 0.305 e. The number of carboxylic acids is 1. The van der Waals surface area contributed by atoms with Crippen LogP contribution in [-0.4, -0.2) is 55.3 Å². The first-order chi connectivity index (χ1) is 12.8.